The molecule has 1 unspecified atom stereocenters. The van der Waals surface area contributed by atoms with Gasteiger partial charge in [0.25, 0.3) is 17.7 Å². The third-order valence-corrected chi connectivity index (χ3v) is 5.58. The fourth-order valence-electron chi connectivity index (χ4n) is 3.80. The van der Waals surface area contributed by atoms with Crippen molar-refractivity contribution in [3.63, 3.8) is 0 Å². The summed E-state index contributed by atoms with van der Waals surface area (Å²) in [7, 11) is 0. The number of rotatable bonds is 12. The van der Waals surface area contributed by atoms with Crippen LogP contribution in [0.4, 0.5) is 0 Å². The lowest BCUT2D eigenvalue weighted by Gasteiger charge is -2.27. The predicted molar refractivity (Wildman–Crippen MR) is 125 cm³/mol. The maximum atomic E-state index is 13.0. The summed E-state index contributed by atoms with van der Waals surface area (Å²) in [4.78, 5) is 74.0. The number of hydrogen-bond donors (Lipinski definition) is 3. The van der Waals surface area contributed by atoms with Gasteiger partial charge in [0.2, 0.25) is 17.7 Å². The molecular weight excluding hydrogens is 472 g/mol. The molecule has 6 amide bonds. The van der Waals surface area contributed by atoms with Crippen molar-refractivity contribution in [2.45, 2.75) is 51.7 Å². The second-order valence-electron chi connectivity index (χ2n) is 8.68. The minimum absolute atomic E-state index is 0.00825. The Labute approximate surface area is 208 Å². The van der Waals surface area contributed by atoms with Gasteiger partial charge in [0, 0.05) is 19.5 Å². The van der Waals surface area contributed by atoms with E-state index < -0.39 is 35.6 Å². The summed E-state index contributed by atoms with van der Waals surface area (Å²) < 4.78 is 10.7. The van der Waals surface area contributed by atoms with Gasteiger partial charge < -0.3 is 20.1 Å². The molecular formula is C24H30N4O8. The van der Waals surface area contributed by atoms with Crippen LogP contribution in [0.25, 0.3) is 0 Å². The summed E-state index contributed by atoms with van der Waals surface area (Å²) in [6.07, 6.45) is 1.34. The van der Waals surface area contributed by atoms with Crippen molar-refractivity contribution in [2.24, 2.45) is 0 Å². The Morgan fingerprint density at radius 3 is 2.33 bits per heavy atom. The highest BCUT2D eigenvalue weighted by Gasteiger charge is 2.46. The average Bonchev–Trinajstić information content (AvgIpc) is 3.09. The topological polar surface area (TPSA) is 160 Å². The molecule has 3 rings (SSSR count). The van der Waals surface area contributed by atoms with Crippen molar-refractivity contribution in [3.8, 4) is 5.75 Å². The zero-order chi connectivity index (χ0) is 26.2. The summed E-state index contributed by atoms with van der Waals surface area (Å²) in [6, 6.07) is 3.35. The third kappa shape index (κ3) is 6.66. The van der Waals surface area contributed by atoms with E-state index in [0.29, 0.717) is 25.9 Å². The van der Waals surface area contributed by atoms with E-state index in [1.807, 2.05) is 13.8 Å². The van der Waals surface area contributed by atoms with Crippen molar-refractivity contribution in [1.82, 2.24) is 20.9 Å². The van der Waals surface area contributed by atoms with Gasteiger partial charge in [-0.3, -0.25) is 39.0 Å². The smallest absolute Gasteiger partial charge is 0.266 e. The molecule has 2 aliphatic rings. The molecule has 2 heterocycles. The van der Waals surface area contributed by atoms with Crippen molar-refractivity contribution < 1.29 is 38.2 Å². The quantitative estimate of drug-likeness (QED) is 0.264. The Morgan fingerprint density at radius 2 is 1.69 bits per heavy atom. The van der Waals surface area contributed by atoms with Crippen LogP contribution in [0.2, 0.25) is 0 Å². The number of fused-ring (bicyclic) bond motifs is 1. The van der Waals surface area contributed by atoms with Crippen LogP contribution in [-0.2, 0) is 23.9 Å². The first-order valence-corrected chi connectivity index (χ1v) is 11.8. The van der Waals surface area contributed by atoms with Crippen LogP contribution < -0.4 is 20.7 Å². The summed E-state index contributed by atoms with van der Waals surface area (Å²) in [5.74, 6) is -3.07. The molecule has 0 radical (unpaired) electrons. The van der Waals surface area contributed by atoms with E-state index in [-0.39, 0.29) is 54.9 Å². The molecule has 0 aliphatic carbocycles. The van der Waals surface area contributed by atoms with Crippen LogP contribution in [0.15, 0.2) is 18.2 Å². The number of carbonyl (C=O) groups is 6. The van der Waals surface area contributed by atoms with Crippen LogP contribution in [0, 0.1) is 0 Å². The maximum absolute atomic E-state index is 13.0. The summed E-state index contributed by atoms with van der Waals surface area (Å²) in [6.45, 7) is 4.15. The van der Waals surface area contributed by atoms with Gasteiger partial charge in [-0.05, 0) is 45.2 Å². The monoisotopic (exact) mass is 502 g/mol. The second-order valence-corrected chi connectivity index (χ2v) is 8.68. The third-order valence-electron chi connectivity index (χ3n) is 5.58. The summed E-state index contributed by atoms with van der Waals surface area (Å²) >= 11 is 0. The minimum Gasteiger partial charge on any atom is -0.483 e. The molecule has 1 aromatic rings. The normalized spacial score (nSPS) is 17.2. The first-order chi connectivity index (χ1) is 17.2. The number of unbranched alkanes of at least 4 members (excludes halogenated alkanes) is 1. The van der Waals surface area contributed by atoms with Gasteiger partial charge in [0.15, 0.2) is 6.61 Å². The molecule has 36 heavy (non-hydrogen) atoms. The summed E-state index contributed by atoms with van der Waals surface area (Å²) in [5.41, 5.74) is 0.0561. The van der Waals surface area contributed by atoms with Gasteiger partial charge >= 0.3 is 0 Å². The lowest BCUT2D eigenvalue weighted by atomic mass is 10.0. The Kier molecular flexibility index (Phi) is 9.12. The Morgan fingerprint density at radius 1 is 1.03 bits per heavy atom. The van der Waals surface area contributed by atoms with Crippen LogP contribution in [0.1, 0.15) is 60.2 Å². The highest BCUT2D eigenvalue weighted by Crippen LogP contribution is 2.33. The zero-order valence-corrected chi connectivity index (χ0v) is 20.3. The number of amides is 6. The van der Waals surface area contributed by atoms with E-state index in [1.54, 1.807) is 0 Å². The number of carbonyl (C=O) groups excluding carboxylic acids is 6. The number of piperidine rings is 1. The lowest BCUT2D eigenvalue weighted by molar-refractivity contribution is -0.136. The van der Waals surface area contributed by atoms with Crippen molar-refractivity contribution >= 4 is 35.4 Å². The van der Waals surface area contributed by atoms with Crippen molar-refractivity contribution in [2.75, 3.05) is 26.3 Å². The molecule has 194 valence electrons. The molecule has 0 bridgehead atoms. The van der Waals surface area contributed by atoms with E-state index >= 15 is 0 Å². The van der Waals surface area contributed by atoms with Gasteiger partial charge in [-0.1, -0.05) is 6.07 Å². The van der Waals surface area contributed by atoms with E-state index in [1.165, 1.54) is 18.2 Å². The van der Waals surface area contributed by atoms with Crippen LogP contribution in [0.5, 0.6) is 5.75 Å². The van der Waals surface area contributed by atoms with E-state index in [4.69, 9.17) is 9.47 Å². The number of ether oxygens (including phenoxy) is 2. The molecule has 1 fully saturated rings. The molecule has 0 spiro atoms. The molecule has 2 aliphatic heterocycles. The highest BCUT2D eigenvalue weighted by molar-refractivity contribution is 6.24. The molecule has 0 saturated carbocycles. The largest absolute Gasteiger partial charge is 0.483 e. The molecule has 12 heteroatoms. The predicted octanol–water partition coefficient (Wildman–Crippen LogP) is -0.0958. The first-order valence-electron chi connectivity index (χ1n) is 11.8. The van der Waals surface area contributed by atoms with Gasteiger partial charge in [-0.15, -0.1) is 0 Å². The van der Waals surface area contributed by atoms with E-state index in [0.717, 1.165) is 4.90 Å². The fourth-order valence-corrected chi connectivity index (χ4v) is 3.80. The Hall–Kier alpha value is -3.80. The van der Waals surface area contributed by atoms with Gasteiger partial charge in [-0.2, -0.15) is 0 Å². The molecule has 1 atom stereocenters. The van der Waals surface area contributed by atoms with E-state index in [2.05, 4.69) is 16.0 Å². The van der Waals surface area contributed by atoms with Crippen LogP contribution >= 0.6 is 0 Å². The number of nitrogens with one attached hydrogen (secondary N) is 3. The molecule has 1 aromatic carbocycles. The standard InChI is InChI=1S/C24H30N4O8/c1-14(2)35-12-19(30)25-10-3-4-11-26-20(31)13-36-17-7-5-6-15-21(17)24(34)28(23(15)33)16-8-9-18(29)27-22(16)32/h5-7,14,16H,3-4,8-13H2,1-2H3,(H,25,30)(H,26,31)(H,27,29,32). The average molecular weight is 503 g/mol. The lowest BCUT2D eigenvalue weighted by Crippen LogP contribution is -2.54. The maximum Gasteiger partial charge on any atom is 0.266 e. The van der Waals surface area contributed by atoms with Crippen LogP contribution in [-0.4, -0.2) is 78.8 Å². The number of nitrogens with zero attached hydrogens (tertiary/aromatic N) is 1. The Balaban J connectivity index is 1.45. The van der Waals surface area contributed by atoms with E-state index in [9.17, 15) is 28.8 Å². The fraction of sp³-hybridized carbons (Fsp3) is 0.500. The van der Waals surface area contributed by atoms with Gasteiger partial charge in [0.1, 0.15) is 18.4 Å². The number of imide groups is 2. The van der Waals surface area contributed by atoms with Gasteiger partial charge in [0.05, 0.1) is 17.2 Å². The second kappa shape index (κ2) is 12.2. The molecule has 1 saturated heterocycles. The number of hydrogen-bond acceptors (Lipinski definition) is 8. The molecule has 0 aromatic heterocycles. The summed E-state index contributed by atoms with van der Waals surface area (Å²) in [5, 5.41) is 7.56. The first kappa shape index (κ1) is 26.8. The zero-order valence-electron chi connectivity index (χ0n) is 20.3. The SMILES string of the molecule is CC(C)OCC(=O)NCCCCNC(=O)COc1cccc2c1C(=O)N(C1CCC(=O)NC1=O)C2=O. The Bertz CT molecular complexity index is 1050. The van der Waals surface area contributed by atoms with Gasteiger partial charge in [-0.25, -0.2) is 0 Å². The highest BCUT2D eigenvalue weighted by atomic mass is 16.5. The molecule has 12 nitrogen and oxygen atoms in total. The van der Waals surface area contributed by atoms with Crippen molar-refractivity contribution in [1.29, 1.82) is 0 Å². The minimum atomic E-state index is -1.08. The van der Waals surface area contributed by atoms with Crippen molar-refractivity contribution in [3.05, 3.63) is 29.3 Å². The number of benzene rings is 1. The van der Waals surface area contributed by atoms with Crippen LogP contribution in [0.3, 0.4) is 0 Å². The molecule has 3 N–H and O–H groups in total.